The number of nitrogens with zero attached hydrogens (tertiary/aromatic N) is 1. The molecule has 0 fully saturated rings. The van der Waals surface area contributed by atoms with Crippen molar-refractivity contribution in [1.29, 1.82) is 0 Å². The topological polar surface area (TPSA) is 110 Å². The highest BCUT2D eigenvalue weighted by Gasteiger charge is 2.32. The summed E-state index contributed by atoms with van der Waals surface area (Å²) in [4.78, 5) is 25.2. The second kappa shape index (κ2) is 14.7. The van der Waals surface area contributed by atoms with Gasteiger partial charge in [-0.2, -0.15) is 5.10 Å². The Morgan fingerprint density at radius 2 is 1.86 bits per heavy atom. The van der Waals surface area contributed by atoms with Crippen LogP contribution in [0.5, 0.6) is 11.5 Å². The average Bonchev–Trinajstić information content (AvgIpc) is 2.96. The molecule has 3 N–H and O–H groups in total. The summed E-state index contributed by atoms with van der Waals surface area (Å²) in [5.74, 6) is -0.169. The van der Waals surface area contributed by atoms with E-state index in [0.717, 1.165) is 14.7 Å². The van der Waals surface area contributed by atoms with Crippen molar-refractivity contribution in [1.82, 2.24) is 16.1 Å². The number of amides is 1. The van der Waals surface area contributed by atoms with E-state index in [0.29, 0.717) is 40.1 Å². The number of hydrogen-bond acceptors (Lipinski definition) is 7. The number of hydrogen-bond donors (Lipinski definition) is 3. The number of para-hydroxylation sites is 1. The molecule has 1 atom stereocenters. The van der Waals surface area contributed by atoms with Crippen molar-refractivity contribution in [3.63, 3.8) is 0 Å². The Kier molecular flexibility index (Phi) is 10.8. The molecule has 12 heteroatoms. The van der Waals surface area contributed by atoms with E-state index in [9.17, 15) is 14.0 Å². The molecule has 0 aromatic heterocycles. The Bertz CT molecular complexity index is 1530. The molecule has 0 unspecified atom stereocenters. The van der Waals surface area contributed by atoms with Crippen LogP contribution in [0.4, 0.5) is 4.39 Å². The maximum Gasteiger partial charge on any atom is 0.338 e. The highest BCUT2D eigenvalue weighted by Crippen LogP contribution is 2.33. The normalized spacial score (nSPS) is 14.7. The van der Waals surface area contributed by atoms with E-state index in [1.807, 2.05) is 6.07 Å². The Labute approximate surface area is 261 Å². The van der Waals surface area contributed by atoms with E-state index >= 15 is 0 Å². The Morgan fingerprint density at radius 1 is 1.10 bits per heavy atom. The first-order valence-electron chi connectivity index (χ1n) is 12.9. The van der Waals surface area contributed by atoms with Crippen LogP contribution >= 0.6 is 34.8 Å². The third-order valence-corrected chi connectivity index (χ3v) is 7.08. The van der Waals surface area contributed by atoms with Gasteiger partial charge in [-0.1, -0.05) is 30.3 Å². The van der Waals surface area contributed by atoms with Crippen LogP contribution in [0.25, 0.3) is 0 Å². The summed E-state index contributed by atoms with van der Waals surface area (Å²) in [6, 6.07) is 18.0. The average molecular weight is 703 g/mol. The molecule has 0 radical (unpaired) electrons. The Hall–Kier alpha value is -4.04. The lowest BCUT2D eigenvalue weighted by Gasteiger charge is -2.30. The third-order valence-electron chi connectivity index (χ3n) is 6.02. The standard InChI is InChI=1S/C30H28FIN4O5S/c1-3-39-29(38)27-18(2)34-30(42)35-28(27)22-6-4-5-7-24(22)41-17-26(37)36-33-15-20-10-13-25(23(32)14-20)40-16-19-8-11-21(31)12-9-19/h4-15,28H,3,16-17H2,1-2H3,(H,36,37)(H2,34,35,42)/t28-/m1/s1. The van der Waals surface area contributed by atoms with E-state index in [1.165, 1.54) is 18.3 Å². The molecule has 1 heterocycles. The number of benzene rings is 3. The molecule has 1 amide bonds. The van der Waals surface area contributed by atoms with Crippen molar-refractivity contribution in [2.75, 3.05) is 13.2 Å². The summed E-state index contributed by atoms with van der Waals surface area (Å²) < 4.78 is 30.8. The van der Waals surface area contributed by atoms with Crippen LogP contribution in [-0.2, 0) is 20.9 Å². The predicted octanol–water partition coefficient (Wildman–Crippen LogP) is 4.89. The molecular weight excluding hydrogens is 674 g/mol. The molecule has 3 aromatic carbocycles. The number of rotatable bonds is 11. The maximum absolute atomic E-state index is 13.1. The number of carbonyl (C=O) groups is 2. The number of hydrazone groups is 1. The number of nitrogens with one attached hydrogen (secondary N) is 3. The van der Waals surface area contributed by atoms with Gasteiger partial charge >= 0.3 is 5.97 Å². The first kappa shape index (κ1) is 30.9. The van der Waals surface area contributed by atoms with Gasteiger partial charge < -0.3 is 24.8 Å². The van der Waals surface area contributed by atoms with Gasteiger partial charge in [-0.25, -0.2) is 14.6 Å². The fraction of sp³-hybridized carbons (Fsp3) is 0.200. The van der Waals surface area contributed by atoms with Crippen molar-refractivity contribution in [3.8, 4) is 11.5 Å². The molecule has 3 aromatic rings. The van der Waals surface area contributed by atoms with E-state index in [1.54, 1.807) is 62.4 Å². The molecule has 4 rings (SSSR count). The first-order valence-corrected chi connectivity index (χ1v) is 14.4. The zero-order valence-electron chi connectivity index (χ0n) is 22.8. The van der Waals surface area contributed by atoms with Gasteiger partial charge in [0.1, 0.15) is 23.9 Å². The lowest BCUT2D eigenvalue weighted by molar-refractivity contribution is -0.139. The fourth-order valence-corrected chi connectivity index (χ4v) is 5.03. The minimum atomic E-state index is -0.625. The smallest absolute Gasteiger partial charge is 0.338 e. The summed E-state index contributed by atoms with van der Waals surface area (Å²) in [7, 11) is 0. The number of carbonyl (C=O) groups excluding carboxylic acids is 2. The Balaban J connectivity index is 1.34. The molecule has 1 aliphatic heterocycles. The van der Waals surface area contributed by atoms with Gasteiger partial charge in [-0.3, -0.25) is 4.79 Å². The van der Waals surface area contributed by atoms with Crippen LogP contribution in [0.3, 0.4) is 0 Å². The SMILES string of the molecule is CCOC(=O)C1=C(C)NC(=S)N[C@@H]1c1ccccc1OCC(=O)NN=Cc1ccc(OCc2ccc(F)cc2)c(I)c1. The minimum absolute atomic E-state index is 0.222. The Morgan fingerprint density at radius 3 is 2.60 bits per heavy atom. The fourth-order valence-electron chi connectivity index (χ4n) is 4.07. The van der Waals surface area contributed by atoms with Crippen LogP contribution in [0.1, 0.15) is 36.6 Å². The monoisotopic (exact) mass is 702 g/mol. The third kappa shape index (κ3) is 8.26. The summed E-state index contributed by atoms with van der Waals surface area (Å²) >= 11 is 7.46. The highest BCUT2D eigenvalue weighted by atomic mass is 127. The second-order valence-corrected chi connectivity index (χ2v) is 10.6. The molecule has 0 saturated heterocycles. The molecule has 218 valence electrons. The van der Waals surface area contributed by atoms with Crippen molar-refractivity contribution < 1.29 is 28.2 Å². The summed E-state index contributed by atoms with van der Waals surface area (Å²) in [6.07, 6.45) is 1.51. The van der Waals surface area contributed by atoms with Crippen LogP contribution in [-0.4, -0.2) is 36.4 Å². The second-order valence-electron chi connectivity index (χ2n) is 9.02. The lowest BCUT2D eigenvalue weighted by Crippen LogP contribution is -2.45. The van der Waals surface area contributed by atoms with Crippen molar-refractivity contribution in [2.24, 2.45) is 5.10 Å². The predicted molar refractivity (Wildman–Crippen MR) is 169 cm³/mol. The van der Waals surface area contributed by atoms with Gasteiger partial charge in [0, 0.05) is 11.3 Å². The minimum Gasteiger partial charge on any atom is -0.488 e. The first-order chi connectivity index (χ1) is 20.2. The summed E-state index contributed by atoms with van der Waals surface area (Å²) in [6.45, 7) is 3.70. The van der Waals surface area contributed by atoms with Crippen LogP contribution in [0, 0.1) is 9.39 Å². The number of halogens is 2. The van der Waals surface area contributed by atoms with E-state index in [2.05, 4.69) is 43.8 Å². The molecule has 9 nitrogen and oxygen atoms in total. The van der Waals surface area contributed by atoms with Gasteiger partial charge in [-0.15, -0.1) is 0 Å². The van der Waals surface area contributed by atoms with Crippen molar-refractivity contribution >= 4 is 58.0 Å². The molecule has 0 aliphatic carbocycles. The van der Waals surface area contributed by atoms with Gasteiger partial charge in [0.25, 0.3) is 5.91 Å². The zero-order valence-corrected chi connectivity index (χ0v) is 25.8. The summed E-state index contributed by atoms with van der Waals surface area (Å²) in [5, 5.41) is 10.4. The quantitative estimate of drug-likeness (QED) is 0.0853. The van der Waals surface area contributed by atoms with Crippen molar-refractivity contribution in [3.05, 3.63) is 104 Å². The summed E-state index contributed by atoms with van der Waals surface area (Å²) in [5.41, 5.74) is 5.63. The molecule has 0 saturated carbocycles. The zero-order chi connectivity index (χ0) is 30.1. The van der Waals surface area contributed by atoms with E-state index in [4.69, 9.17) is 26.4 Å². The van der Waals surface area contributed by atoms with Gasteiger partial charge in [0.05, 0.1) is 28.0 Å². The molecular formula is C30H28FIN4O5S. The highest BCUT2D eigenvalue weighted by molar-refractivity contribution is 14.1. The maximum atomic E-state index is 13.1. The van der Waals surface area contributed by atoms with E-state index in [-0.39, 0.29) is 19.0 Å². The molecule has 0 bridgehead atoms. The number of thiocarbonyl (C=S) groups is 1. The van der Waals surface area contributed by atoms with Gasteiger partial charge in [-0.05, 0) is 96.2 Å². The van der Waals surface area contributed by atoms with Crippen LogP contribution < -0.4 is 25.5 Å². The van der Waals surface area contributed by atoms with Gasteiger partial charge in [0.15, 0.2) is 11.7 Å². The van der Waals surface area contributed by atoms with E-state index < -0.39 is 17.9 Å². The number of ether oxygens (including phenoxy) is 3. The molecule has 0 spiro atoms. The largest absolute Gasteiger partial charge is 0.488 e. The van der Waals surface area contributed by atoms with Crippen molar-refractivity contribution in [2.45, 2.75) is 26.5 Å². The number of esters is 1. The number of allylic oxidation sites excluding steroid dienone is 1. The van der Waals surface area contributed by atoms with Crippen LogP contribution in [0.2, 0.25) is 0 Å². The molecule has 1 aliphatic rings. The lowest BCUT2D eigenvalue weighted by atomic mass is 9.95. The van der Waals surface area contributed by atoms with Gasteiger partial charge in [0.2, 0.25) is 0 Å². The van der Waals surface area contributed by atoms with Crippen LogP contribution in [0.15, 0.2) is 83.1 Å². The molecule has 42 heavy (non-hydrogen) atoms.